The number of carboxylic acids is 1. The van der Waals surface area contributed by atoms with Gasteiger partial charge in [-0.2, -0.15) is 26.3 Å². The van der Waals surface area contributed by atoms with E-state index in [2.05, 4.69) is 0 Å². The monoisotopic (exact) mass is 505 g/mol. The number of halogens is 6. The van der Waals surface area contributed by atoms with Crippen LogP contribution in [0.4, 0.5) is 26.3 Å². The van der Waals surface area contributed by atoms with Crippen LogP contribution in [0.25, 0.3) is 0 Å². The van der Waals surface area contributed by atoms with Gasteiger partial charge in [0.25, 0.3) is 0 Å². The van der Waals surface area contributed by atoms with Gasteiger partial charge in [-0.25, -0.2) is 0 Å². The molecule has 1 aliphatic heterocycles. The van der Waals surface area contributed by atoms with Gasteiger partial charge in [0.1, 0.15) is 5.75 Å². The van der Waals surface area contributed by atoms with E-state index in [9.17, 15) is 36.2 Å². The van der Waals surface area contributed by atoms with E-state index in [4.69, 9.17) is 9.84 Å². The fraction of sp³-hybridized carbons (Fsp3) is 0.458. The second-order valence-corrected chi connectivity index (χ2v) is 8.58. The quantitative estimate of drug-likeness (QED) is 0.439. The van der Waals surface area contributed by atoms with Gasteiger partial charge in [-0.3, -0.25) is 9.69 Å². The molecule has 0 saturated carbocycles. The summed E-state index contributed by atoms with van der Waals surface area (Å²) in [6.45, 7) is 0.928. The van der Waals surface area contributed by atoms with Crippen LogP contribution in [0.2, 0.25) is 0 Å². The summed E-state index contributed by atoms with van der Waals surface area (Å²) in [6, 6.07) is 7.92. The van der Waals surface area contributed by atoms with Gasteiger partial charge in [0.15, 0.2) is 0 Å². The highest BCUT2D eigenvalue weighted by Crippen LogP contribution is 2.37. The molecule has 2 N–H and O–H groups in total. The lowest BCUT2D eigenvalue weighted by Crippen LogP contribution is -2.23. The highest BCUT2D eigenvalue weighted by atomic mass is 19.4. The van der Waals surface area contributed by atoms with E-state index in [1.54, 1.807) is 29.2 Å². The van der Waals surface area contributed by atoms with Crippen LogP contribution in [0.1, 0.15) is 47.6 Å². The first-order chi connectivity index (χ1) is 16.3. The van der Waals surface area contributed by atoms with E-state index in [1.165, 1.54) is 0 Å². The molecular weight excluding hydrogens is 480 g/mol. The third kappa shape index (κ3) is 7.60. The van der Waals surface area contributed by atoms with Gasteiger partial charge in [0.2, 0.25) is 0 Å². The van der Waals surface area contributed by atoms with E-state index in [0.717, 1.165) is 0 Å². The SMILES string of the molecule is O=C(O)C[C@@H](O)c1cccc(OCCC2CCN(Cc3cc(C(F)(F)F)ccc3C(F)(F)F)C2)c1. The van der Waals surface area contributed by atoms with Crippen LogP contribution in [-0.4, -0.2) is 40.8 Å². The van der Waals surface area contributed by atoms with Crippen molar-refractivity contribution in [3.63, 3.8) is 0 Å². The number of aliphatic hydroxyl groups is 1. The maximum absolute atomic E-state index is 13.3. The van der Waals surface area contributed by atoms with Gasteiger partial charge < -0.3 is 14.9 Å². The number of alkyl halides is 6. The number of carboxylic acid groups (broad SMARTS) is 1. The maximum Gasteiger partial charge on any atom is 0.416 e. The zero-order chi connectivity index (χ0) is 25.8. The molecule has 1 heterocycles. The number of nitrogens with zero attached hydrogens (tertiary/aromatic N) is 1. The molecule has 3 rings (SSSR count). The third-order valence-corrected chi connectivity index (χ3v) is 5.91. The normalized spacial score (nSPS) is 18.0. The lowest BCUT2D eigenvalue weighted by atomic mass is 10.0. The lowest BCUT2D eigenvalue weighted by molar-refractivity contribution is -0.142. The number of aliphatic carboxylic acids is 1. The minimum absolute atomic E-state index is 0.0934. The Morgan fingerprint density at radius 2 is 1.83 bits per heavy atom. The third-order valence-electron chi connectivity index (χ3n) is 5.91. The standard InChI is InChI=1S/C24H25F6NO4/c25-23(26,27)18-4-5-20(24(28,29)30)17(10-18)14-31-8-6-15(13-31)7-9-35-19-3-1-2-16(11-19)21(32)12-22(33)34/h1-5,10-11,15,21,32H,6-9,12-14H2,(H,33,34)/t15?,21-/m1/s1. The average Bonchev–Trinajstić information content (AvgIpc) is 3.19. The van der Waals surface area contributed by atoms with E-state index in [-0.39, 0.29) is 19.1 Å². The van der Waals surface area contributed by atoms with Crippen LogP contribution in [0.5, 0.6) is 5.75 Å². The number of hydrogen-bond acceptors (Lipinski definition) is 4. The van der Waals surface area contributed by atoms with E-state index >= 15 is 0 Å². The predicted octanol–water partition coefficient (Wildman–Crippen LogP) is 5.52. The molecule has 5 nitrogen and oxygen atoms in total. The van der Waals surface area contributed by atoms with Crippen molar-refractivity contribution in [1.82, 2.24) is 4.90 Å². The van der Waals surface area contributed by atoms with Crippen molar-refractivity contribution in [2.75, 3.05) is 19.7 Å². The molecule has 1 aliphatic rings. The largest absolute Gasteiger partial charge is 0.494 e. The zero-order valence-electron chi connectivity index (χ0n) is 18.6. The van der Waals surface area contributed by atoms with Crippen molar-refractivity contribution < 1.29 is 46.1 Å². The van der Waals surface area contributed by atoms with Crippen molar-refractivity contribution in [2.24, 2.45) is 5.92 Å². The van der Waals surface area contributed by atoms with Crippen molar-refractivity contribution in [1.29, 1.82) is 0 Å². The Morgan fingerprint density at radius 1 is 1.09 bits per heavy atom. The number of aliphatic hydroxyl groups excluding tert-OH is 1. The predicted molar refractivity (Wildman–Crippen MR) is 114 cm³/mol. The summed E-state index contributed by atoms with van der Waals surface area (Å²) >= 11 is 0. The summed E-state index contributed by atoms with van der Waals surface area (Å²) in [7, 11) is 0. The molecule has 0 aromatic heterocycles. The molecule has 1 saturated heterocycles. The van der Waals surface area contributed by atoms with Crippen molar-refractivity contribution in [3.05, 3.63) is 64.7 Å². The average molecular weight is 505 g/mol. The molecule has 2 aromatic carbocycles. The molecule has 0 spiro atoms. The van der Waals surface area contributed by atoms with Gasteiger partial charge in [0.05, 0.1) is 30.3 Å². The number of likely N-dealkylation sites (tertiary alicyclic amines) is 1. The van der Waals surface area contributed by atoms with Gasteiger partial charge in [-0.05, 0) is 66.8 Å². The van der Waals surface area contributed by atoms with Crippen molar-refractivity contribution in [3.8, 4) is 5.75 Å². The first kappa shape index (κ1) is 26.8. The Hall–Kier alpha value is -2.79. The number of benzene rings is 2. The summed E-state index contributed by atoms with van der Waals surface area (Å²) in [6.07, 6.45) is -9.85. The van der Waals surface area contributed by atoms with E-state index < -0.39 is 47.5 Å². The molecule has 35 heavy (non-hydrogen) atoms. The smallest absolute Gasteiger partial charge is 0.416 e. The summed E-state index contributed by atoms with van der Waals surface area (Å²) in [5, 5.41) is 18.7. The molecule has 1 unspecified atom stereocenters. The minimum Gasteiger partial charge on any atom is -0.494 e. The van der Waals surface area contributed by atoms with E-state index in [1.807, 2.05) is 0 Å². The van der Waals surface area contributed by atoms with Crippen LogP contribution in [0.15, 0.2) is 42.5 Å². The molecule has 1 fully saturated rings. The molecular formula is C24H25F6NO4. The Bertz CT molecular complexity index is 1020. The summed E-state index contributed by atoms with van der Waals surface area (Å²) < 4.78 is 84.8. The summed E-state index contributed by atoms with van der Waals surface area (Å²) in [4.78, 5) is 12.5. The molecule has 0 aliphatic carbocycles. The summed E-state index contributed by atoms with van der Waals surface area (Å²) in [5.41, 5.74) is -2.18. The fourth-order valence-corrected chi connectivity index (χ4v) is 4.15. The minimum atomic E-state index is -4.75. The van der Waals surface area contributed by atoms with E-state index in [0.29, 0.717) is 55.4 Å². The van der Waals surface area contributed by atoms with Crippen LogP contribution in [0.3, 0.4) is 0 Å². The summed E-state index contributed by atoms with van der Waals surface area (Å²) in [5.74, 6) is -0.599. The number of hydrogen-bond donors (Lipinski definition) is 2. The first-order valence-electron chi connectivity index (χ1n) is 10.9. The maximum atomic E-state index is 13.3. The molecule has 11 heteroatoms. The second kappa shape index (κ2) is 10.9. The van der Waals surface area contributed by atoms with Crippen LogP contribution < -0.4 is 4.74 Å². The van der Waals surface area contributed by atoms with Crippen LogP contribution in [-0.2, 0) is 23.7 Å². The second-order valence-electron chi connectivity index (χ2n) is 8.58. The van der Waals surface area contributed by atoms with Gasteiger partial charge in [-0.15, -0.1) is 0 Å². The van der Waals surface area contributed by atoms with Gasteiger partial charge in [0, 0.05) is 13.1 Å². The molecule has 2 atom stereocenters. The molecule has 0 radical (unpaired) electrons. The number of carbonyl (C=O) groups is 1. The Labute approximate surface area is 197 Å². The Balaban J connectivity index is 1.56. The first-order valence-corrected chi connectivity index (χ1v) is 10.9. The Morgan fingerprint density at radius 3 is 2.49 bits per heavy atom. The lowest BCUT2D eigenvalue weighted by Gasteiger charge is -2.21. The molecule has 192 valence electrons. The molecule has 2 aromatic rings. The van der Waals surface area contributed by atoms with Gasteiger partial charge in [-0.1, -0.05) is 12.1 Å². The van der Waals surface area contributed by atoms with Gasteiger partial charge >= 0.3 is 18.3 Å². The number of ether oxygens (including phenoxy) is 1. The Kier molecular flexibility index (Phi) is 8.32. The molecule has 0 bridgehead atoms. The van der Waals surface area contributed by atoms with Crippen LogP contribution in [0, 0.1) is 5.92 Å². The van der Waals surface area contributed by atoms with Crippen LogP contribution >= 0.6 is 0 Å². The zero-order valence-corrected chi connectivity index (χ0v) is 18.6. The van der Waals surface area contributed by atoms with Crippen molar-refractivity contribution >= 4 is 5.97 Å². The topological polar surface area (TPSA) is 70.0 Å². The van der Waals surface area contributed by atoms with Crippen molar-refractivity contribution in [2.45, 2.75) is 44.3 Å². The highest BCUT2D eigenvalue weighted by Gasteiger charge is 2.37. The number of rotatable bonds is 9. The fourth-order valence-electron chi connectivity index (χ4n) is 4.15. The highest BCUT2D eigenvalue weighted by molar-refractivity contribution is 5.67. The molecule has 0 amide bonds.